The van der Waals surface area contributed by atoms with Crippen LogP contribution in [-0.2, 0) is 16.1 Å². The van der Waals surface area contributed by atoms with Gasteiger partial charge in [-0.15, -0.1) is 0 Å². The van der Waals surface area contributed by atoms with E-state index in [0.717, 1.165) is 31.9 Å². The quantitative estimate of drug-likeness (QED) is 0.809. The summed E-state index contributed by atoms with van der Waals surface area (Å²) < 4.78 is 11.8. The average molecular weight is 262 g/mol. The van der Waals surface area contributed by atoms with Gasteiger partial charge in [-0.3, -0.25) is 9.88 Å². The third-order valence-corrected chi connectivity index (χ3v) is 4.15. The monoisotopic (exact) mass is 262 g/mol. The lowest BCUT2D eigenvalue weighted by Crippen LogP contribution is -2.33. The van der Waals surface area contributed by atoms with E-state index >= 15 is 0 Å². The molecule has 2 saturated heterocycles. The van der Waals surface area contributed by atoms with Crippen molar-refractivity contribution in [3.63, 3.8) is 0 Å². The van der Waals surface area contributed by atoms with Crippen molar-refractivity contribution >= 4 is 0 Å². The molecule has 4 heteroatoms. The second-order valence-corrected chi connectivity index (χ2v) is 5.47. The molecule has 4 nitrogen and oxygen atoms in total. The number of fused-ring (bicyclic) bond motifs is 1. The van der Waals surface area contributed by atoms with Crippen LogP contribution in [0.3, 0.4) is 0 Å². The van der Waals surface area contributed by atoms with E-state index in [4.69, 9.17) is 9.47 Å². The van der Waals surface area contributed by atoms with Crippen LogP contribution in [0.2, 0.25) is 0 Å². The Morgan fingerprint density at radius 3 is 3.21 bits per heavy atom. The molecule has 0 saturated carbocycles. The zero-order valence-corrected chi connectivity index (χ0v) is 11.5. The maximum atomic E-state index is 6.12. The standard InChI is InChI=1S/C15H22N2O2/c1-2-6-17-8-15(13-10-18-11-14(13)17)19-9-12-4-3-5-16-7-12/h3-5,7,13-15H,2,6,8-11H2,1H3/t13-,14+,15-/m0/s1. The molecule has 3 atom stereocenters. The van der Waals surface area contributed by atoms with Crippen LogP contribution < -0.4 is 0 Å². The van der Waals surface area contributed by atoms with E-state index in [1.54, 1.807) is 6.20 Å². The van der Waals surface area contributed by atoms with Crippen molar-refractivity contribution in [2.24, 2.45) is 5.92 Å². The molecule has 3 rings (SSSR count). The Morgan fingerprint density at radius 1 is 1.47 bits per heavy atom. The largest absolute Gasteiger partial charge is 0.379 e. The van der Waals surface area contributed by atoms with Gasteiger partial charge in [-0.05, 0) is 24.6 Å². The van der Waals surface area contributed by atoms with Crippen molar-refractivity contribution in [3.05, 3.63) is 30.1 Å². The molecule has 0 aliphatic carbocycles. The normalized spacial score (nSPS) is 30.7. The number of hydrogen-bond donors (Lipinski definition) is 0. The lowest BCUT2D eigenvalue weighted by molar-refractivity contribution is 0.00917. The second-order valence-electron chi connectivity index (χ2n) is 5.47. The molecule has 0 bridgehead atoms. The predicted octanol–water partition coefficient (Wildman–Crippen LogP) is 1.71. The lowest BCUT2D eigenvalue weighted by atomic mass is 10.0. The molecule has 19 heavy (non-hydrogen) atoms. The van der Waals surface area contributed by atoms with E-state index in [1.165, 1.54) is 6.42 Å². The summed E-state index contributed by atoms with van der Waals surface area (Å²) in [4.78, 5) is 6.66. The maximum absolute atomic E-state index is 6.12. The van der Waals surface area contributed by atoms with Crippen LogP contribution in [0, 0.1) is 5.92 Å². The first kappa shape index (κ1) is 13.0. The van der Waals surface area contributed by atoms with Crippen LogP contribution in [-0.4, -0.2) is 48.3 Å². The number of aromatic nitrogens is 1. The summed E-state index contributed by atoms with van der Waals surface area (Å²) in [5.74, 6) is 0.545. The molecular weight excluding hydrogens is 240 g/mol. The SMILES string of the molecule is CCCN1C[C@H](OCc2cccnc2)[C@H]2COC[C@H]21. The number of likely N-dealkylation sites (tertiary alicyclic amines) is 1. The van der Waals surface area contributed by atoms with Gasteiger partial charge in [-0.25, -0.2) is 0 Å². The highest BCUT2D eigenvalue weighted by molar-refractivity contribution is 5.07. The molecule has 0 amide bonds. The Bertz CT molecular complexity index is 398. The van der Waals surface area contributed by atoms with Crippen molar-refractivity contribution in [2.45, 2.75) is 32.1 Å². The van der Waals surface area contributed by atoms with Crippen molar-refractivity contribution < 1.29 is 9.47 Å². The fourth-order valence-electron chi connectivity index (χ4n) is 3.20. The summed E-state index contributed by atoms with van der Waals surface area (Å²) in [6.45, 7) is 6.81. The van der Waals surface area contributed by atoms with Gasteiger partial charge in [0.15, 0.2) is 0 Å². The molecule has 0 spiro atoms. The van der Waals surface area contributed by atoms with Gasteiger partial charge >= 0.3 is 0 Å². The van der Waals surface area contributed by atoms with Crippen molar-refractivity contribution in [2.75, 3.05) is 26.3 Å². The Kier molecular flexibility index (Phi) is 4.11. The summed E-state index contributed by atoms with van der Waals surface area (Å²) in [5.41, 5.74) is 1.15. The van der Waals surface area contributed by atoms with Gasteiger partial charge in [0.2, 0.25) is 0 Å². The molecule has 0 N–H and O–H groups in total. The number of pyridine rings is 1. The predicted molar refractivity (Wildman–Crippen MR) is 72.8 cm³/mol. The van der Waals surface area contributed by atoms with Gasteiger partial charge in [0, 0.05) is 30.9 Å². The van der Waals surface area contributed by atoms with Crippen LogP contribution in [0.25, 0.3) is 0 Å². The molecular formula is C15H22N2O2. The van der Waals surface area contributed by atoms with Gasteiger partial charge in [0.05, 0.1) is 25.9 Å². The van der Waals surface area contributed by atoms with E-state index in [-0.39, 0.29) is 0 Å². The van der Waals surface area contributed by atoms with Gasteiger partial charge in [0.25, 0.3) is 0 Å². The molecule has 2 aliphatic rings. The van der Waals surface area contributed by atoms with Crippen molar-refractivity contribution in [1.82, 2.24) is 9.88 Å². The molecule has 0 radical (unpaired) electrons. The Labute approximate surface area is 114 Å². The molecule has 2 aliphatic heterocycles. The number of hydrogen-bond acceptors (Lipinski definition) is 4. The summed E-state index contributed by atoms with van der Waals surface area (Å²) >= 11 is 0. The third-order valence-electron chi connectivity index (χ3n) is 4.15. The number of nitrogens with zero attached hydrogens (tertiary/aromatic N) is 2. The second kappa shape index (κ2) is 5.99. The summed E-state index contributed by atoms with van der Waals surface area (Å²) in [6, 6.07) is 4.59. The van der Waals surface area contributed by atoms with Crippen LogP contribution >= 0.6 is 0 Å². The van der Waals surface area contributed by atoms with Gasteiger partial charge in [-0.2, -0.15) is 0 Å². The minimum Gasteiger partial charge on any atom is -0.379 e. The van der Waals surface area contributed by atoms with Crippen LogP contribution in [0.4, 0.5) is 0 Å². The lowest BCUT2D eigenvalue weighted by Gasteiger charge is -2.20. The van der Waals surface area contributed by atoms with Gasteiger partial charge < -0.3 is 9.47 Å². The third kappa shape index (κ3) is 2.81. The smallest absolute Gasteiger partial charge is 0.0772 e. The fourth-order valence-corrected chi connectivity index (χ4v) is 3.20. The van der Waals surface area contributed by atoms with Gasteiger partial charge in [-0.1, -0.05) is 13.0 Å². The van der Waals surface area contributed by atoms with E-state index in [0.29, 0.717) is 24.7 Å². The molecule has 1 aromatic rings. The maximum Gasteiger partial charge on any atom is 0.0772 e. The van der Waals surface area contributed by atoms with Crippen molar-refractivity contribution in [1.29, 1.82) is 0 Å². The van der Waals surface area contributed by atoms with Gasteiger partial charge in [0.1, 0.15) is 0 Å². The first-order valence-electron chi connectivity index (χ1n) is 7.20. The minimum atomic E-state index is 0.305. The van der Waals surface area contributed by atoms with Crippen LogP contribution in [0.5, 0.6) is 0 Å². The van der Waals surface area contributed by atoms with E-state index in [1.807, 2.05) is 12.3 Å². The van der Waals surface area contributed by atoms with E-state index in [9.17, 15) is 0 Å². The zero-order chi connectivity index (χ0) is 13.1. The summed E-state index contributed by atoms with van der Waals surface area (Å²) in [7, 11) is 0. The highest BCUT2D eigenvalue weighted by Gasteiger charge is 2.45. The first-order chi connectivity index (χ1) is 9.38. The Hall–Kier alpha value is -0.970. The van der Waals surface area contributed by atoms with Crippen LogP contribution in [0.15, 0.2) is 24.5 Å². The molecule has 2 fully saturated rings. The fraction of sp³-hybridized carbons (Fsp3) is 0.667. The van der Waals surface area contributed by atoms with Crippen LogP contribution in [0.1, 0.15) is 18.9 Å². The highest BCUT2D eigenvalue weighted by atomic mass is 16.5. The number of rotatable bonds is 5. The Balaban J connectivity index is 1.59. The molecule has 0 aromatic carbocycles. The van der Waals surface area contributed by atoms with E-state index in [2.05, 4.69) is 22.9 Å². The number of ether oxygens (including phenoxy) is 2. The first-order valence-corrected chi connectivity index (χ1v) is 7.20. The Morgan fingerprint density at radius 2 is 2.42 bits per heavy atom. The van der Waals surface area contributed by atoms with Crippen molar-refractivity contribution in [3.8, 4) is 0 Å². The topological polar surface area (TPSA) is 34.6 Å². The summed E-state index contributed by atoms with van der Waals surface area (Å²) in [6.07, 6.45) is 5.17. The highest BCUT2D eigenvalue weighted by Crippen LogP contribution is 2.32. The molecule has 0 unspecified atom stereocenters. The zero-order valence-electron chi connectivity index (χ0n) is 11.5. The molecule has 3 heterocycles. The van der Waals surface area contributed by atoms with E-state index < -0.39 is 0 Å². The molecule has 104 valence electrons. The minimum absolute atomic E-state index is 0.305. The average Bonchev–Trinajstić information content (AvgIpc) is 3.02. The molecule has 1 aromatic heterocycles. The summed E-state index contributed by atoms with van der Waals surface area (Å²) in [5, 5.41) is 0.